The van der Waals surface area contributed by atoms with E-state index in [1.165, 1.54) is 12.8 Å². The Balaban J connectivity index is 1.86. The normalized spacial score (nSPS) is 31.2. The number of carboxylic acid groups (broad SMARTS) is 1. The van der Waals surface area contributed by atoms with Gasteiger partial charge in [-0.3, -0.25) is 14.5 Å². The lowest BCUT2D eigenvalue weighted by atomic mass is 9.87. The lowest BCUT2D eigenvalue weighted by molar-refractivity contribution is -0.143. The first kappa shape index (κ1) is 15.3. The summed E-state index contributed by atoms with van der Waals surface area (Å²) in [5.41, 5.74) is 0. The summed E-state index contributed by atoms with van der Waals surface area (Å²) in [6, 6.07) is -0.136. The lowest BCUT2D eigenvalue weighted by Gasteiger charge is -2.34. The van der Waals surface area contributed by atoms with Crippen LogP contribution >= 0.6 is 0 Å². The van der Waals surface area contributed by atoms with Crippen LogP contribution < -0.4 is 0 Å². The van der Waals surface area contributed by atoms with E-state index in [1.54, 1.807) is 0 Å². The average molecular weight is 282 g/mol. The van der Waals surface area contributed by atoms with Gasteiger partial charge in [0.05, 0.1) is 6.54 Å². The molecule has 20 heavy (non-hydrogen) atoms. The van der Waals surface area contributed by atoms with E-state index < -0.39 is 12.0 Å². The molecule has 0 aromatic carbocycles. The van der Waals surface area contributed by atoms with E-state index in [0.29, 0.717) is 12.5 Å². The van der Waals surface area contributed by atoms with Gasteiger partial charge in [0.15, 0.2) is 0 Å². The number of likely N-dealkylation sites (tertiary alicyclic amines) is 1. The van der Waals surface area contributed by atoms with Crippen molar-refractivity contribution in [1.29, 1.82) is 0 Å². The van der Waals surface area contributed by atoms with Crippen LogP contribution in [0.3, 0.4) is 0 Å². The maximum atomic E-state index is 12.3. The molecule has 0 radical (unpaired) electrons. The van der Waals surface area contributed by atoms with Crippen LogP contribution in [0.5, 0.6) is 0 Å². The predicted octanol–water partition coefficient (Wildman–Crippen LogP) is 1.57. The van der Waals surface area contributed by atoms with Gasteiger partial charge in [0.2, 0.25) is 5.91 Å². The molecule has 1 aliphatic carbocycles. The number of hydrogen-bond acceptors (Lipinski definition) is 3. The number of carboxylic acids is 1. The van der Waals surface area contributed by atoms with Crippen molar-refractivity contribution >= 4 is 11.9 Å². The van der Waals surface area contributed by atoms with E-state index in [4.69, 9.17) is 5.11 Å². The quantitative estimate of drug-likeness (QED) is 0.850. The Labute approximate surface area is 120 Å². The zero-order valence-electron chi connectivity index (χ0n) is 12.5. The maximum Gasteiger partial charge on any atom is 0.320 e. The van der Waals surface area contributed by atoms with Crippen molar-refractivity contribution in [2.24, 2.45) is 5.92 Å². The molecule has 2 aliphatic rings. The van der Waals surface area contributed by atoms with Gasteiger partial charge in [-0.1, -0.05) is 6.92 Å². The summed E-state index contributed by atoms with van der Waals surface area (Å²) in [6.07, 6.45) is 6.05. The number of carbonyl (C=O) groups is 2. The van der Waals surface area contributed by atoms with Crippen LogP contribution in [0.25, 0.3) is 0 Å². The monoisotopic (exact) mass is 282 g/mol. The Kier molecular flexibility index (Phi) is 5.02. The highest BCUT2D eigenvalue weighted by atomic mass is 16.4. The largest absolute Gasteiger partial charge is 0.480 e. The molecule has 114 valence electrons. The van der Waals surface area contributed by atoms with Crippen LogP contribution in [0.1, 0.15) is 45.4 Å². The van der Waals surface area contributed by atoms with Gasteiger partial charge in [-0.25, -0.2) is 0 Å². The number of aliphatic carboxylic acids is 1. The molecule has 0 spiro atoms. The molecule has 2 rings (SSSR count). The molecule has 0 aromatic rings. The smallest absolute Gasteiger partial charge is 0.320 e. The fraction of sp³-hybridized carbons (Fsp3) is 0.867. The van der Waals surface area contributed by atoms with Crippen LogP contribution in [-0.4, -0.2) is 59.0 Å². The standard InChI is InChI=1S/C15H26N2O3/c1-11-5-7-12(8-6-11)16(2)14(18)10-17-9-3-4-13(17)15(19)20/h11-13H,3-10H2,1-2H3,(H,19,20)/t11?,12?,13-/m0/s1. The van der Waals surface area contributed by atoms with Crippen LogP contribution in [0.4, 0.5) is 0 Å². The number of hydrogen-bond donors (Lipinski definition) is 1. The first-order valence-corrected chi connectivity index (χ1v) is 7.71. The number of rotatable bonds is 4. The summed E-state index contributed by atoms with van der Waals surface area (Å²) >= 11 is 0. The number of carbonyl (C=O) groups excluding carboxylic acids is 1. The number of amides is 1. The highest BCUT2D eigenvalue weighted by molar-refractivity contribution is 5.80. The van der Waals surface area contributed by atoms with E-state index in [9.17, 15) is 9.59 Å². The van der Waals surface area contributed by atoms with Crippen molar-refractivity contribution in [3.63, 3.8) is 0 Å². The Morgan fingerprint density at radius 3 is 2.45 bits per heavy atom. The van der Waals surface area contributed by atoms with Gasteiger partial charge in [0.25, 0.3) is 0 Å². The third kappa shape index (κ3) is 3.51. The van der Waals surface area contributed by atoms with E-state index >= 15 is 0 Å². The molecule has 0 bridgehead atoms. The van der Waals surface area contributed by atoms with Crippen molar-refractivity contribution in [1.82, 2.24) is 9.80 Å². The van der Waals surface area contributed by atoms with Crippen LogP contribution in [0.15, 0.2) is 0 Å². The summed E-state index contributed by atoms with van der Waals surface area (Å²) in [4.78, 5) is 27.1. The fourth-order valence-electron chi connectivity index (χ4n) is 3.41. The minimum Gasteiger partial charge on any atom is -0.480 e. The fourth-order valence-corrected chi connectivity index (χ4v) is 3.41. The average Bonchev–Trinajstić information content (AvgIpc) is 2.87. The zero-order valence-corrected chi connectivity index (χ0v) is 12.5. The molecular weight excluding hydrogens is 256 g/mol. The molecule has 5 heteroatoms. The molecule has 0 unspecified atom stereocenters. The van der Waals surface area contributed by atoms with Crippen LogP contribution in [0.2, 0.25) is 0 Å². The van der Waals surface area contributed by atoms with Gasteiger partial charge in [-0.05, 0) is 51.0 Å². The number of nitrogens with zero attached hydrogens (tertiary/aromatic N) is 2. The summed E-state index contributed by atoms with van der Waals surface area (Å²) in [5, 5.41) is 9.15. The highest BCUT2D eigenvalue weighted by Crippen LogP contribution is 2.27. The zero-order chi connectivity index (χ0) is 14.7. The van der Waals surface area contributed by atoms with E-state index in [1.807, 2.05) is 16.8 Å². The van der Waals surface area contributed by atoms with E-state index in [2.05, 4.69) is 6.92 Å². The van der Waals surface area contributed by atoms with Gasteiger partial charge in [-0.15, -0.1) is 0 Å². The summed E-state index contributed by atoms with van der Waals surface area (Å²) in [7, 11) is 1.87. The van der Waals surface area contributed by atoms with Crippen LogP contribution in [0, 0.1) is 5.92 Å². The van der Waals surface area contributed by atoms with Crippen molar-refractivity contribution in [2.75, 3.05) is 20.1 Å². The minimum atomic E-state index is -0.801. The molecule has 1 heterocycles. The van der Waals surface area contributed by atoms with Gasteiger partial charge in [0, 0.05) is 13.1 Å². The van der Waals surface area contributed by atoms with Crippen LogP contribution in [-0.2, 0) is 9.59 Å². The van der Waals surface area contributed by atoms with Gasteiger partial charge >= 0.3 is 5.97 Å². The lowest BCUT2D eigenvalue weighted by Crippen LogP contribution is -2.47. The second-order valence-electron chi connectivity index (χ2n) is 6.39. The summed E-state index contributed by atoms with van der Waals surface area (Å²) < 4.78 is 0. The van der Waals surface area contributed by atoms with Gasteiger partial charge in [-0.2, -0.15) is 0 Å². The topological polar surface area (TPSA) is 60.9 Å². The Bertz CT molecular complexity index is 364. The Morgan fingerprint density at radius 1 is 1.20 bits per heavy atom. The third-order valence-corrected chi connectivity index (χ3v) is 4.91. The van der Waals surface area contributed by atoms with Crippen molar-refractivity contribution in [3.05, 3.63) is 0 Å². The van der Waals surface area contributed by atoms with Crippen molar-refractivity contribution in [2.45, 2.75) is 57.5 Å². The Hall–Kier alpha value is -1.10. The third-order valence-electron chi connectivity index (χ3n) is 4.91. The molecule has 1 saturated heterocycles. The first-order valence-electron chi connectivity index (χ1n) is 7.71. The highest BCUT2D eigenvalue weighted by Gasteiger charge is 2.33. The Morgan fingerprint density at radius 2 is 1.85 bits per heavy atom. The second-order valence-corrected chi connectivity index (χ2v) is 6.39. The van der Waals surface area contributed by atoms with Crippen molar-refractivity contribution in [3.8, 4) is 0 Å². The predicted molar refractivity (Wildman–Crippen MR) is 76.4 cm³/mol. The molecule has 1 aliphatic heterocycles. The first-order chi connectivity index (χ1) is 9.49. The van der Waals surface area contributed by atoms with E-state index in [0.717, 1.165) is 31.7 Å². The molecule has 1 amide bonds. The molecule has 2 fully saturated rings. The SMILES string of the molecule is CC1CCC(N(C)C(=O)CN2CCC[C@H]2C(=O)O)CC1. The number of likely N-dealkylation sites (N-methyl/N-ethyl adjacent to an activating group) is 1. The minimum absolute atomic E-state index is 0.0673. The maximum absolute atomic E-state index is 12.3. The van der Waals surface area contributed by atoms with Crippen molar-refractivity contribution < 1.29 is 14.7 Å². The molecule has 1 saturated carbocycles. The second kappa shape index (κ2) is 6.57. The molecule has 1 atom stereocenters. The van der Waals surface area contributed by atoms with E-state index in [-0.39, 0.29) is 12.5 Å². The molecule has 0 aromatic heterocycles. The summed E-state index contributed by atoms with van der Waals surface area (Å²) in [6.45, 7) is 3.23. The van der Waals surface area contributed by atoms with Gasteiger partial charge in [0.1, 0.15) is 6.04 Å². The van der Waals surface area contributed by atoms with Gasteiger partial charge < -0.3 is 10.0 Å². The molecule has 5 nitrogen and oxygen atoms in total. The molecular formula is C15H26N2O3. The molecule has 1 N–H and O–H groups in total. The summed E-state index contributed by atoms with van der Waals surface area (Å²) in [5.74, 6) is 0.0341.